The smallest absolute Gasteiger partial charge is 0.308 e. The van der Waals surface area contributed by atoms with Crippen LogP contribution in [0.25, 0.3) is 0 Å². The number of esters is 1. The van der Waals surface area contributed by atoms with E-state index in [0.29, 0.717) is 36.0 Å². The molecule has 0 radical (unpaired) electrons. The predicted molar refractivity (Wildman–Crippen MR) is 143 cm³/mol. The number of ketones is 3. The van der Waals surface area contributed by atoms with Crippen molar-refractivity contribution in [1.82, 2.24) is 0 Å². The van der Waals surface area contributed by atoms with Crippen LogP contribution in [0.15, 0.2) is 22.8 Å². The quantitative estimate of drug-likeness (QED) is 0.355. The van der Waals surface area contributed by atoms with E-state index in [9.17, 15) is 34.5 Å². The van der Waals surface area contributed by atoms with Gasteiger partial charge in [0.15, 0.2) is 11.6 Å². The molecule has 2 saturated carbocycles. The molecular weight excluding hydrogens is 500 g/mol. The second kappa shape index (κ2) is 9.45. The third kappa shape index (κ3) is 3.88. The lowest BCUT2D eigenvalue weighted by atomic mass is 9.42. The number of fused-ring (bicyclic) bond motifs is 4. The third-order valence-corrected chi connectivity index (χ3v) is 11.5. The molecule has 39 heavy (non-hydrogen) atoms. The minimum absolute atomic E-state index is 0.0212. The highest BCUT2D eigenvalue weighted by molar-refractivity contribution is 6.08. The predicted octanol–water partition coefficient (Wildman–Crippen LogP) is 3.11. The largest absolute Gasteiger partial charge is 0.469 e. The summed E-state index contributed by atoms with van der Waals surface area (Å²) in [6.45, 7) is 12.7. The van der Waals surface area contributed by atoms with Crippen molar-refractivity contribution >= 4 is 23.3 Å². The first-order valence-electron chi connectivity index (χ1n) is 14.1. The van der Waals surface area contributed by atoms with Crippen molar-refractivity contribution in [2.45, 2.75) is 98.9 Å². The molecule has 4 aliphatic carbocycles. The first kappa shape index (κ1) is 29.8. The van der Waals surface area contributed by atoms with Crippen molar-refractivity contribution in [1.29, 1.82) is 0 Å². The maximum Gasteiger partial charge on any atom is 0.308 e. The number of hydrogen-bond donors (Lipinski definition) is 3. The minimum Gasteiger partial charge on any atom is -0.469 e. The first-order valence-corrected chi connectivity index (χ1v) is 14.1. The van der Waals surface area contributed by atoms with Crippen molar-refractivity contribution in [3.8, 4) is 0 Å². The second-order valence-electron chi connectivity index (χ2n) is 13.7. The molecule has 4 rings (SSSR count). The lowest BCUT2D eigenvalue weighted by Crippen LogP contribution is -2.64. The number of Topliss-reactive ketones (excluding diaryl/α,β-unsaturated/α-hetero) is 2. The topological polar surface area (TPSA) is 138 Å². The van der Waals surface area contributed by atoms with Gasteiger partial charge in [-0.15, -0.1) is 0 Å². The van der Waals surface area contributed by atoms with E-state index < -0.39 is 63.6 Å². The summed E-state index contributed by atoms with van der Waals surface area (Å²) in [5.41, 5.74) is -2.53. The molecule has 1 unspecified atom stereocenters. The number of allylic oxidation sites excluding steroid dienone is 2. The number of aliphatic hydroxyl groups excluding tert-OH is 3. The van der Waals surface area contributed by atoms with Gasteiger partial charge in [0.2, 0.25) is 0 Å². The number of ether oxygens (including phenoxy) is 1. The SMILES string of the molecule is COC(=O)C(C)CC(=O)/C=C(\C)[C@H]1CC(=O)[C@@]2(C)C3=C(C(=O)[C@H](O)[C@]12C)[C@@]1(C)CC[C@H](O)C(C)(C)[C@@H]1C[C@@H]3O. The van der Waals surface area contributed by atoms with E-state index in [1.165, 1.54) is 13.2 Å². The molecule has 0 aromatic heterocycles. The van der Waals surface area contributed by atoms with Gasteiger partial charge in [0.25, 0.3) is 0 Å². The van der Waals surface area contributed by atoms with Gasteiger partial charge < -0.3 is 20.1 Å². The number of carbonyl (C=O) groups is 4. The summed E-state index contributed by atoms with van der Waals surface area (Å²) in [7, 11) is 1.26. The molecule has 9 atom stereocenters. The van der Waals surface area contributed by atoms with Crippen LogP contribution in [0.1, 0.15) is 80.6 Å². The normalized spacial score (nSPS) is 42.4. The standard InChI is InChI=1S/C31H44O8/c1-15(11-17(32)12-16(2)27(38)39-8)18-13-22(35)31(7)23-19(33)14-20-28(3,4)21(34)9-10-29(20,5)24(23)25(36)26(37)30(18,31)6/h11,16,18-21,26,33-34,37H,9-10,12-14H2,1-8H3/b15-11+/t16?,18-,19+,20+,21+,26+,29+,30+,31+/m1/s1. The number of methoxy groups -OCH3 is 1. The summed E-state index contributed by atoms with van der Waals surface area (Å²) in [6, 6.07) is 0. The molecule has 0 saturated heterocycles. The Morgan fingerprint density at radius 3 is 2.31 bits per heavy atom. The monoisotopic (exact) mass is 544 g/mol. The fraction of sp³-hybridized carbons (Fsp3) is 0.742. The molecule has 2 fully saturated rings. The van der Waals surface area contributed by atoms with E-state index in [0.717, 1.165) is 0 Å². The molecule has 0 aromatic rings. The highest BCUT2D eigenvalue weighted by atomic mass is 16.5. The summed E-state index contributed by atoms with van der Waals surface area (Å²) in [6.07, 6.45) is -0.486. The zero-order valence-electron chi connectivity index (χ0n) is 24.5. The highest BCUT2D eigenvalue weighted by Gasteiger charge is 2.73. The summed E-state index contributed by atoms with van der Waals surface area (Å²) < 4.78 is 4.71. The Labute approximate surface area is 230 Å². The average molecular weight is 545 g/mol. The van der Waals surface area contributed by atoms with Crippen LogP contribution in [-0.2, 0) is 23.9 Å². The molecule has 0 aliphatic heterocycles. The molecule has 216 valence electrons. The average Bonchev–Trinajstić information content (AvgIpc) is 3.07. The van der Waals surface area contributed by atoms with Crippen LogP contribution in [0.3, 0.4) is 0 Å². The first-order chi connectivity index (χ1) is 17.9. The van der Waals surface area contributed by atoms with Crippen LogP contribution in [0.5, 0.6) is 0 Å². The molecule has 8 heteroatoms. The van der Waals surface area contributed by atoms with Gasteiger partial charge in [-0.2, -0.15) is 0 Å². The van der Waals surface area contributed by atoms with Crippen molar-refractivity contribution < 1.29 is 39.2 Å². The molecular formula is C31H44O8. The lowest BCUT2D eigenvalue weighted by molar-refractivity contribution is -0.156. The number of carbonyl (C=O) groups excluding carboxylic acids is 4. The van der Waals surface area contributed by atoms with E-state index in [1.807, 2.05) is 20.8 Å². The molecule has 0 heterocycles. The van der Waals surface area contributed by atoms with E-state index in [-0.39, 0.29) is 30.3 Å². The van der Waals surface area contributed by atoms with E-state index in [1.54, 1.807) is 27.7 Å². The Kier molecular flexibility index (Phi) is 7.23. The number of hydrogen-bond acceptors (Lipinski definition) is 8. The molecule has 3 N–H and O–H groups in total. The van der Waals surface area contributed by atoms with Gasteiger partial charge in [-0.05, 0) is 67.4 Å². The van der Waals surface area contributed by atoms with E-state index in [2.05, 4.69) is 0 Å². The van der Waals surface area contributed by atoms with Gasteiger partial charge in [-0.3, -0.25) is 19.2 Å². The molecule has 0 bridgehead atoms. The Bertz CT molecular complexity index is 1180. The molecule has 0 amide bonds. The zero-order valence-corrected chi connectivity index (χ0v) is 24.5. The van der Waals surface area contributed by atoms with Gasteiger partial charge in [-0.1, -0.05) is 40.2 Å². The van der Waals surface area contributed by atoms with Gasteiger partial charge >= 0.3 is 5.97 Å². The number of aliphatic hydroxyl groups is 3. The van der Waals surface area contributed by atoms with Crippen LogP contribution in [-0.4, -0.2) is 64.1 Å². The van der Waals surface area contributed by atoms with Gasteiger partial charge in [0.05, 0.1) is 30.7 Å². The Morgan fingerprint density at radius 2 is 1.72 bits per heavy atom. The second-order valence-corrected chi connectivity index (χ2v) is 13.7. The summed E-state index contributed by atoms with van der Waals surface area (Å²) >= 11 is 0. The molecule has 0 aromatic carbocycles. The van der Waals surface area contributed by atoms with E-state index >= 15 is 0 Å². The van der Waals surface area contributed by atoms with Crippen molar-refractivity contribution in [3.05, 3.63) is 22.8 Å². The fourth-order valence-corrected chi connectivity index (χ4v) is 8.91. The fourth-order valence-electron chi connectivity index (χ4n) is 8.91. The number of rotatable bonds is 5. The van der Waals surface area contributed by atoms with Crippen LogP contribution < -0.4 is 0 Å². The van der Waals surface area contributed by atoms with Crippen LogP contribution in [0.4, 0.5) is 0 Å². The lowest BCUT2D eigenvalue weighted by Gasteiger charge is -2.62. The summed E-state index contributed by atoms with van der Waals surface area (Å²) in [4.78, 5) is 52.7. The molecule has 0 spiro atoms. The van der Waals surface area contributed by atoms with Gasteiger partial charge in [0.1, 0.15) is 11.9 Å². The van der Waals surface area contributed by atoms with Gasteiger partial charge in [-0.25, -0.2) is 0 Å². The summed E-state index contributed by atoms with van der Waals surface area (Å²) in [5.74, 6) is -2.89. The molecule has 4 aliphatic rings. The molecule has 8 nitrogen and oxygen atoms in total. The van der Waals surface area contributed by atoms with Crippen molar-refractivity contribution in [2.75, 3.05) is 7.11 Å². The maximum atomic E-state index is 14.2. The maximum absolute atomic E-state index is 14.2. The Balaban J connectivity index is 1.82. The zero-order chi connectivity index (χ0) is 29.5. The highest BCUT2D eigenvalue weighted by Crippen LogP contribution is 2.70. The Hall–Kier alpha value is -2.16. The van der Waals surface area contributed by atoms with E-state index in [4.69, 9.17) is 4.74 Å². The summed E-state index contributed by atoms with van der Waals surface area (Å²) in [5, 5.41) is 34.2. The van der Waals surface area contributed by atoms with Gasteiger partial charge in [0, 0.05) is 23.8 Å². The van der Waals surface area contributed by atoms with Crippen LogP contribution >= 0.6 is 0 Å². The van der Waals surface area contributed by atoms with Crippen LogP contribution in [0.2, 0.25) is 0 Å². The third-order valence-electron chi connectivity index (χ3n) is 11.5. The van der Waals surface area contributed by atoms with Crippen molar-refractivity contribution in [2.24, 2.45) is 39.4 Å². The van der Waals surface area contributed by atoms with Crippen LogP contribution in [0, 0.1) is 39.4 Å². The Morgan fingerprint density at radius 1 is 1.10 bits per heavy atom. The minimum atomic E-state index is -1.51. The van der Waals surface area contributed by atoms with Crippen molar-refractivity contribution in [3.63, 3.8) is 0 Å².